The number of rotatable bonds is 4. The van der Waals surface area contributed by atoms with Gasteiger partial charge in [-0.15, -0.1) is 0 Å². The molecule has 0 spiro atoms. The van der Waals surface area contributed by atoms with Crippen molar-refractivity contribution in [2.24, 2.45) is 11.1 Å². The van der Waals surface area contributed by atoms with Crippen molar-refractivity contribution in [2.45, 2.75) is 32.9 Å². The van der Waals surface area contributed by atoms with Gasteiger partial charge < -0.3 is 5.73 Å². The minimum atomic E-state index is -2.59. The molecule has 1 aromatic carbocycles. The van der Waals surface area contributed by atoms with E-state index in [1.807, 2.05) is 13.0 Å². The summed E-state index contributed by atoms with van der Waals surface area (Å²) in [6, 6.07) is 6.89. The molecule has 0 amide bonds. The summed E-state index contributed by atoms with van der Waals surface area (Å²) in [5, 5.41) is 0. The first kappa shape index (κ1) is 15.4. The summed E-state index contributed by atoms with van der Waals surface area (Å²) in [5.74, 6) is 0.428. The summed E-state index contributed by atoms with van der Waals surface area (Å²) < 4.78 is 28.1. The fourth-order valence-corrected chi connectivity index (χ4v) is 3.29. The van der Waals surface area contributed by atoms with E-state index in [0.29, 0.717) is 23.4 Å². The van der Waals surface area contributed by atoms with Gasteiger partial charge in [0.15, 0.2) is 0 Å². The lowest BCUT2D eigenvalue weighted by molar-refractivity contribution is 0.0654. The van der Waals surface area contributed by atoms with Crippen LogP contribution >= 0.6 is 0 Å². The number of nitrogens with two attached hydrogens (primary N) is 1. The zero-order chi connectivity index (χ0) is 15.9. The number of fused-ring (bicyclic) bond motifs is 1. The van der Waals surface area contributed by atoms with Crippen molar-refractivity contribution in [1.82, 2.24) is 14.5 Å². The Morgan fingerprint density at radius 3 is 2.73 bits per heavy atom. The third kappa shape index (κ3) is 2.50. The molecule has 0 saturated carbocycles. The minimum Gasteiger partial charge on any atom is -0.330 e. The third-order valence-corrected chi connectivity index (χ3v) is 4.82. The number of nitrogens with zero attached hydrogens (tertiary/aromatic N) is 3. The Labute approximate surface area is 128 Å². The van der Waals surface area contributed by atoms with Crippen LogP contribution in [-0.4, -0.2) is 34.1 Å². The van der Waals surface area contributed by atoms with Crippen LogP contribution in [0, 0.1) is 5.41 Å². The average molecular weight is 308 g/mol. The van der Waals surface area contributed by atoms with E-state index in [4.69, 9.17) is 5.73 Å². The van der Waals surface area contributed by atoms with E-state index >= 15 is 0 Å². The number of likely N-dealkylation sites (tertiary alicyclic amines) is 1. The van der Waals surface area contributed by atoms with Crippen LogP contribution in [0.15, 0.2) is 24.3 Å². The molecule has 1 aromatic heterocycles. The van der Waals surface area contributed by atoms with Crippen molar-refractivity contribution in [2.75, 3.05) is 19.6 Å². The summed E-state index contributed by atoms with van der Waals surface area (Å²) in [6.07, 6.45) is 0.989. The van der Waals surface area contributed by atoms with Crippen LogP contribution in [0.25, 0.3) is 11.0 Å². The quantitative estimate of drug-likeness (QED) is 0.944. The number of imidazole rings is 1. The van der Waals surface area contributed by atoms with Crippen LogP contribution in [0.4, 0.5) is 8.78 Å². The first-order chi connectivity index (χ1) is 10.4. The van der Waals surface area contributed by atoms with Gasteiger partial charge in [-0.1, -0.05) is 19.1 Å². The second-order valence-corrected chi connectivity index (χ2v) is 6.52. The highest BCUT2D eigenvalue weighted by molar-refractivity contribution is 5.76. The van der Waals surface area contributed by atoms with Gasteiger partial charge in [0.2, 0.25) is 0 Å². The summed E-state index contributed by atoms with van der Waals surface area (Å²) in [4.78, 5) is 6.66. The number of alkyl halides is 2. The molecule has 1 saturated heterocycles. The van der Waals surface area contributed by atoms with Crippen LogP contribution in [0.3, 0.4) is 0 Å². The maximum atomic E-state index is 13.5. The van der Waals surface area contributed by atoms with Gasteiger partial charge in [-0.25, -0.2) is 4.98 Å². The predicted molar refractivity (Wildman–Crippen MR) is 82.8 cm³/mol. The number of halogens is 2. The zero-order valence-corrected chi connectivity index (χ0v) is 13.0. The van der Waals surface area contributed by atoms with E-state index in [0.717, 1.165) is 24.1 Å². The van der Waals surface area contributed by atoms with Crippen LogP contribution < -0.4 is 5.73 Å². The Bertz CT molecular complexity index is 669. The lowest BCUT2D eigenvalue weighted by Gasteiger charge is -2.27. The second-order valence-electron chi connectivity index (χ2n) is 6.52. The summed E-state index contributed by atoms with van der Waals surface area (Å²) in [6.45, 7) is 3.80. The maximum absolute atomic E-state index is 13.5. The molecule has 6 heteroatoms. The van der Waals surface area contributed by atoms with Crippen molar-refractivity contribution in [3.05, 3.63) is 30.1 Å². The molecule has 0 radical (unpaired) electrons. The highest BCUT2D eigenvalue weighted by atomic mass is 19.3. The lowest BCUT2D eigenvalue weighted by Crippen LogP contribution is -2.33. The van der Waals surface area contributed by atoms with E-state index in [2.05, 4.69) is 16.8 Å². The van der Waals surface area contributed by atoms with Gasteiger partial charge in [0.05, 0.1) is 17.1 Å². The van der Waals surface area contributed by atoms with E-state index < -0.39 is 6.55 Å². The Morgan fingerprint density at radius 2 is 2.09 bits per heavy atom. The van der Waals surface area contributed by atoms with Gasteiger partial charge in [0.25, 0.3) is 0 Å². The first-order valence-electron chi connectivity index (χ1n) is 7.64. The fourth-order valence-electron chi connectivity index (χ4n) is 3.29. The number of hydrogen-bond acceptors (Lipinski definition) is 3. The summed E-state index contributed by atoms with van der Waals surface area (Å²) in [7, 11) is 0. The molecular formula is C16H22F2N4. The molecule has 1 fully saturated rings. The Morgan fingerprint density at radius 1 is 1.36 bits per heavy atom. The predicted octanol–water partition coefficient (Wildman–Crippen LogP) is 3.16. The maximum Gasteiger partial charge on any atom is 0.320 e. The molecule has 2 unspecified atom stereocenters. The van der Waals surface area contributed by atoms with Crippen LogP contribution in [0.5, 0.6) is 0 Å². The number of para-hydroxylation sites is 2. The molecule has 1 aliphatic rings. The molecular weight excluding hydrogens is 286 g/mol. The highest BCUT2D eigenvalue weighted by Crippen LogP contribution is 2.36. The van der Waals surface area contributed by atoms with Crippen LogP contribution in [0.1, 0.15) is 38.7 Å². The fraction of sp³-hybridized carbons (Fsp3) is 0.562. The van der Waals surface area contributed by atoms with Crippen LogP contribution in [-0.2, 0) is 0 Å². The van der Waals surface area contributed by atoms with Crippen molar-refractivity contribution in [1.29, 1.82) is 0 Å². The molecule has 0 bridgehead atoms. The smallest absolute Gasteiger partial charge is 0.320 e. The van der Waals surface area contributed by atoms with Crippen LogP contribution in [0.2, 0.25) is 0 Å². The van der Waals surface area contributed by atoms with Gasteiger partial charge in [-0.05, 0) is 44.0 Å². The SMILES string of the molecule is CC(c1nc2ccccc2n1C(F)F)N1CCC(C)(CN)C1. The first-order valence-corrected chi connectivity index (χ1v) is 7.64. The zero-order valence-electron chi connectivity index (χ0n) is 13.0. The Balaban J connectivity index is 1.97. The highest BCUT2D eigenvalue weighted by Gasteiger charge is 2.36. The molecule has 2 atom stereocenters. The monoisotopic (exact) mass is 308 g/mol. The van der Waals surface area contributed by atoms with Crippen molar-refractivity contribution in [3.63, 3.8) is 0 Å². The number of benzene rings is 1. The van der Waals surface area contributed by atoms with E-state index in [1.165, 1.54) is 0 Å². The molecule has 0 aliphatic carbocycles. The van der Waals surface area contributed by atoms with Gasteiger partial charge in [-0.3, -0.25) is 9.47 Å². The van der Waals surface area contributed by atoms with E-state index in [1.54, 1.807) is 18.2 Å². The molecule has 4 nitrogen and oxygen atoms in total. The summed E-state index contributed by atoms with van der Waals surface area (Å²) in [5.41, 5.74) is 7.01. The Kier molecular flexibility index (Phi) is 3.91. The lowest BCUT2D eigenvalue weighted by atomic mass is 9.90. The molecule has 1 aliphatic heterocycles. The molecule has 3 rings (SSSR count). The van der Waals surface area contributed by atoms with E-state index in [-0.39, 0.29) is 11.5 Å². The summed E-state index contributed by atoms with van der Waals surface area (Å²) >= 11 is 0. The van der Waals surface area contributed by atoms with Gasteiger partial charge in [0.1, 0.15) is 5.82 Å². The minimum absolute atomic E-state index is 0.0654. The third-order valence-electron chi connectivity index (χ3n) is 4.82. The molecule has 2 aromatic rings. The number of aromatic nitrogens is 2. The normalized spacial score (nSPS) is 24.5. The van der Waals surface area contributed by atoms with Gasteiger partial charge in [-0.2, -0.15) is 8.78 Å². The average Bonchev–Trinajstić information content (AvgIpc) is 3.08. The molecule has 2 N–H and O–H groups in total. The number of hydrogen-bond donors (Lipinski definition) is 1. The van der Waals surface area contributed by atoms with Gasteiger partial charge >= 0.3 is 6.55 Å². The molecule has 120 valence electrons. The van der Waals surface area contributed by atoms with Crippen molar-refractivity contribution >= 4 is 11.0 Å². The molecule has 22 heavy (non-hydrogen) atoms. The van der Waals surface area contributed by atoms with Gasteiger partial charge in [0, 0.05) is 6.54 Å². The largest absolute Gasteiger partial charge is 0.330 e. The van der Waals surface area contributed by atoms with Crippen molar-refractivity contribution < 1.29 is 8.78 Å². The Hall–Kier alpha value is -1.53. The topological polar surface area (TPSA) is 47.1 Å². The second kappa shape index (κ2) is 5.59. The molecule has 2 heterocycles. The standard InChI is InChI=1S/C16H22F2N4/c1-11(21-8-7-16(2,9-19)10-21)14-20-12-5-3-4-6-13(12)22(14)15(17)18/h3-6,11,15H,7-10,19H2,1-2H3. The van der Waals surface area contributed by atoms with E-state index in [9.17, 15) is 8.78 Å². The van der Waals surface area contributed by atoms with Crippen molar-refractivity contribution in [3.8, 4) is 0 Å².